The smallest absolute Gasteiger partial charge is 0.156 e. The Morgan fingerprint density at radius 3 is 2.44 bits per heavy atom. The van der Waals surface area contributed by atoms with Crippen LogP contribution in [-0.2, 0) is 14.6 Å². The maximum Gasteiger partial charge on any atom is 0.156 e. The van der Waals surface area contributed by atoms with Gasteiger partial charge >= 0.3 is 0 Å². The molecule has 1 aromatic rings. The minimum Gasteiger partial charge on any atom is -0.378 e. The topological polar surface area (TPSA) is 54.5 Å². The third-order valence-corrected chi connectivity index (χ3v) is 13.3. The van der Waals surface area contributed by atoms with E-state index < -0.39 is 14.6 Å². The lowest BCUT2D eigenvalue weighted by molar-refractivity contribution is -0.114. The third-order valence-electron chi connectivity index (χ3n) is 10.4. The summed E-state index contributed by atoms with van der Waals surface area (Å²) >= 11 is 0. The van der Waals surface area contributed by atoms with Crippen LogP contribution >= 0.6 is 0 Å². The summed E-state index contributed by atoms with van der Waals surface area (Å²) in [5.41, 5.74) is 6.57. The SMILES string of the molecule is CN(C)c1ccc([C@H]2C[C@@]3(C)C(CC[C@@]34CCCS4(=O)=O)C3CCC4=CC(=O)CCC4=C32)cc1. The maximum absolute atomic E-state index is 13.6. The number of fused-ring (bicyclic) bond motifs is 5. The van der Waals surface area contributed by atoms with Crippen LogP contribution in [-0.4, -0.2) is 38.8 Å². The predicted octanol–water partition coefficient (Wildman–Crippen LogP) is 5.60. The average Bonchev–Trinajstić information content (AvgIpc) is 3.29. The van der Waals surface area contributed by atoms with Crippen LogP contribution in [0.1, 0.15) is 76.2 Å². The van der Waals surface area contributed by atoms with Crippen molar-refractivity contribution in [2.24, 2.45) is 17.3 Å². The van der Waals surface area contributed by atoms with Gasteiger partial charge in [0.25, 0.3) is 0 Å². The summed E-state index contributed by atoms with van der Waals surface area (Å²) in [4.78, 5) is 14.4. The Hall–Kier alpha value is -1.88. The zero-order chi connectivity index (χ0) is 23.9. The van der Waals surface area contributed by atoms with Crippen molar-refractivity contribution in [1.29, 1.82) is 0 Å². The molecule has 5 atom stereocenters. The molecular formula is C29H37NO3S. The van der Waals surface area contributed by atoms with Gasteiger partial charge in [0.05, 0.1) is 10.5 Å². The predicted molar refractivity (Wildman–Crippen MR) is 137 cm³/mol. The van der Waals surface area contributed by atoms with Crippen molar-refractivity contribution in [2.45, 2.75) is 75.4 Å². The number of anilines is 1. The zero-order valence-corrected chi connectivity index (χ0v) is 21.6. The number of hydrogen-bond acceptors (Lipinski definition) is 4. The fourth-order valence-corrected chi connectivity index (χ4v) is 11.6. The molecule has 1 aromatic carbocycles. The van der Waals surface area contributed by atoms with Gasteiger partial charge < -0.3 is 4.90 Å². The van der Waals surface area contributed by atoms with Crippen molar-refractivity contribution in [3.8, 4) is 0 Å². The van der Waals surface area contributed by atoms with Gasteiger partial charge in [0, 0.05) is 32.1 Å². The van der Waals surface area contributed by atoms with E-state index in [1.165, 1.54) is 22.4 Å². The number of ketones is 1. The highest BCUT2D eigenvalue weighted by Crippen LogP contribution is 2.70. The molecular weight excluding hydrogens is 442 g/mol. The molecule has 5 heteroatoms. The Morgan fingerprint density at radius 1 is 1.00 bits per heavy atom. The molecule has 1 aliphatic heterocycles. The van der Waals surface area contributed by atoms with Crippen LogP contribution in [0, 0.1) is 17.3 Å². The Bertz CT molecular complexity index is 1210. The lowest BCUT2D eigenvalue weighted by Gasteiger charge is -2.55. The van der Waals surface area contributed by atoms with E-state index in [0.29, 0.717) is 24.0 Å². The van der Waals surface area contributed by atoms with Gasteiger partial charge in [0.1, 0.15) is 0 Å². The van der Waals surface area contributed by atoms with E-state index in [1.807, 2.05) is 6.08 Å². The van der Waals surface area contributed by atoms with Crippen molar-refractivity contribution < 1.29 is 13.2 Å². The Kier molecular flexibility index (Phi) is 5.02. The second kappa shape index (κ2) is 7.56. The fourth-order valence-electron chi connectivity index (χ4n) is 8.86. The summed E-state index contributed by atoms with van der Waals surface area (Å²) in [6.07, 6.45) is 9.85. The quantitative estimate of drug-likeness (QED) is 0.554. The van der Waals surface area contributed by atoms with Crippen molar-refractivity contribution in [3.63, 3.8) is 0 Å². The Balaban J connectivity index is 1.53. The lowest BCUT2D eigenvalue weighted by atomic mass is 9.51. The number of carbonyl (C=O) groups is 1. The highest BCUT2D eigenvalue weighted by atomic mass is 32.2. The average molecular weight is 480 g/mol. The number of hydrogen-bond donors (Lipinski definition) is 0. The van der Waals surface area contributed by atoms with Gasteiger partial charge in [-0.2, -0.15) is 0 Å². The highest BCUT2D eigenvalue weighted by Gasteiger charge is 2.68. The molecule has 182 valence electrons. The molecule has 4 aliphatic carbocycles. The molecule has 1 heterocycles. The molecule has 0 radical (unpaired) electrons. The van der Waals surface area contributed by atoms with E-state index in [4.69, 9.17) is 0 Å². The maximum atomic E-state index is 13.6. The number of allylic oxidation sites excluding steroid dienone is 4. The third kappa shape index (κ3) is 2.95. The number of carbonyl (C=O) groups excluding carboxylic acids is 1. The minimum atomic E-state index is -3.09. The van der Waals surface area contributed by atoms with Gasteiger partial charge in [0.15, 0.2) is 15.6 Å². The van der Waals surface area contributed by atoms with E-state index in [-0.39, 0.29) is 17.1 Å². The van der Waals surface area contributed by atoms with Crippen molar-refractivity contribution >= 4 is 21.3 Å². The van der Waals surface area contributed by atoms with E-state index in [9.17, 15) is 13.2 Å². The summed E-state index contributed by atoms with van der Waals surface area (Å²) in [5.74, 6) is 1.74. The van der Waals surface area contributed by atoms with Crippen molar-refractivity contribution in [2.75, 3.05) is 24.7 Å². The number of sulfone groups is 1. The molecule has 3 fully saturated rings. The summed E-state index contributed by atoms with van der Waals surface area (Å²) in [6.45, 7) is 2.34. The molecule has 4 nitrogen and oxygen atoms in total. The van der Waals surface area contributed by atoms with E-state index >= 15 is 0 Å². The number of nitrogens with zero attached hydrogens (tertiary/aromatic N) is 1. The van der Waals surface area contributed by atoms with Crippen LogP contribution in [0.15, 0.2) is 47.1 Å². The second-order valence-corrected chi connectivity index (χ2v) is 14.4. The summed E-state index contributed by atoms with van der Waals surface area (Å²) in [6, 6.07) is 8.94. The first-order valence-electron chi connectivity index (χ1n) is 13.1. The molecule has 0 N–H and O–H groups in total. The van der Waals surface area contributed by atoms with Crippen LogP contribution in [0.25, 0.3) is 0 Å². The molecule has 0 amide bonds. The zero-order valence-electron chi connectivity index (χ0n) is 20.8. The van der Waals surface area contributed by atoms with Crippen LogP contribution in [0.3, 0.4) is 0 Å². The monoisotopic (exact) mass is 479 g/mol. The van der Waals surface area contributed by atoms with E-state index in [0.717, 1.165) is 51.4 Å². The van der Waals surface area contributed by atoms with Crippen molar-refractivity contribution in [1.82, 2.24) is 0 Å². The molecule has 6 rings (SSSR count). The van der Waals surface area contributed by atoms with Crippen LogP contribution in [0.4, 0.5) is 5.69 Å². The molecule has 2 saturated carbocycles. The molecule has 2 unspecified atom stereocenters. The van der Waals surface area contributed by atoms with Gasteiger partial charge in [-0.25, -0.2) is 8.42 Å². The van der Waals surface area contributed by atoms with Crippen LogP contribution in [0.2, 0.25) is 0 Å². The van der Waals surface area contributed by atoms with Gasteiger partial charge in [-0.05, 0) is 104 Å². The highest BCUT2D eigenvalue weighted by molar-refractivity contribution is 7.93. The Morgan fingerprint density at radius 2 is 1.76 bits per heavy atom. The van der Waals surface area contributed by atoms with Crippen LogP contribution in [0.5, 0.6) is 0 Å². The van der Waals surface area contributed by atoms with E-state index in [1.54, 1.807) is 5.57 Å². The first-order chi connectivity index (χ1) is 16.2. The summed E-state index contributed by atoms with van der Waals surface area (Å²) < 4.78 is 26.6. The lowest BCUT2D eigenvalue weighted by Crippen LogP contribution is -2.53. The first-order valence-corrected chi connectivity index (χ1v) is 14.8. The van der Waals surface area contributed by atoms with Gasteiger partial charge in [0.2, 0.25) is 0 Å². The largest absolute Gasteiger partial charge is 0.378 e. The summed E-state index contributed by atoms with van der Waals surface area (Å²) in [5, 5.41) is 0. The molecule has 34 heavy (non-hydrogen) atoms. The van der Waals surface area contributed by atoms with Crippen molar-refractivity contribution in [3.05, 3.63) is 52.6 Å². The van der Waals surface area contributed by atoms with Gasteiger partial charge in [-0.3, -0.25) is 4.79 Å². The van der Waals surface area contributed by atoms with Gasteiger partial charge in [-0.15, -0.1) is 0 Å². The van der Waals surface area contributed by atoms with Gasteiger partial charge in [-0.1, -0.05) is 24.6 Å². The molecule has 1 spiro atoms. The number of rotatable bonds is 2. The summed E-state index contributed by atoms with van der Waals surface area (Å²) in [7, 11) is 1.04. The van der Waals surface area contributed by atoms with Crippen LogP contribution < -0.4 is 4.90 Å². The first kappa shape index (κ1) is 22.6. The molecule has 0 aromatic heterocycles. The standard InChI is InChI=1S/C29H37NO3S/c1-28-18-25(19-5-8-21(9-6-19)30(2)3)27-23-12-10-22(31)17-20(23)7-11-24(27)26(28)13-15-29(28)14-4-16-34(29,32)33/h5-6,8-9,17,24-26H,4,7,10-16,18H2,1-3H3/t24?,25-,26?,28+,29+/m1/s1. The second-order valence-electron chi connectivity index (χ2n) is 11.9. The van der Waals surface area contributed by atoms with E-state index in [2.05, 4.69) is 50.2 Å². The Labute approximate surface area is 204 Å². The molecule has 5 aliphatic rings. The normalized spacial score (nSPS) is 38.4. The fraction of sp³-hybridized carbons (Fsp3) is 0.621. The minimum absolute atomic E-state index is 0.187. The molecule has 1 saturated heterocycles. The molecule has 0 bridgehead atoms. The number of benzene rings is 1.